The second-order valence-corrected chi connectivity index (χ2v) is 11.1. The number of carbonyl (C=O) groups excluding carboxylic acids is 2. The minimum absolute atomic E-state index is 0.0394. The molecular weight excluding hydrogens is 544 g/mol. The van der Waals surface area contributed by atoms with Gasteiger partial charge in [-0.25, -0.2) is 9.59 Å². The Kier molecular flexibility index (Phi) is 9.54. The summed E-state index contributed by atoms with van der Waals surface area (Å²) in [5, 5.41) is 16.4. The van der Waals surface area contributed by atoms with E-state index in [2.05, 4.69) is 10.6 Å². The Morgan fingerprint density at radius 2 is 1.59 bits per heavy atom. The van der Waals surface area contributed by atoms with E-state index in [1.54, 1.807) is 0 Å². The average Bonchev–Trinajstić information content (AvgIpc) is 3.22. The van der Waals surface area contributed by atoms with Crippen molar-refractivity contribution in [1.82, 2.24) is 10.6 Å². The molecule has 2 aromatic heterocycles. The van der Waals surface area contributed by atoms with Crippen LogP contribution in [0, 0.1) is 27.7 Å². The van der Waals surface area contributed by atoms with Gasteiger partial charge in [0, 0.05) is 52.8 Å². The van der Waals surface area contributed by atoms with Crippen LogP contribution in [0.15, 0.2) is 50.0 Å². The fourth-order valence-corrected chi connectivity index (χ4v) is 5.74. The third-order valence-corrected chi connectivity index (χ3v) is 8.36. The van der Waals surface area contributed by atoms with Gasteiger partial charge < -0.3 is 24.6 Å². The van der Waals surface area contributed by atoms with Crippen LogP contribution in [0.5, 0.6) is 0 Å². The fourth-order valence-electron chi connectivity index (χ4n) is 4.73. The monoisotopic (exact) mass is 578 g/mol. The lowest BCUT2D eigenvalue weighted by atomic mass is 9.98. The highest BCUT2D eigenvalue weighted by Crippen LogP contribution is 2.34. The number of amides is 2. The molecule has 2 amide bonds. The quantitative estimate of drug-likeness (QED) is 0.205. The maximum absolute atomic E-state index is 12.8. The zero-order valence-corrected chi connectivity index (χ0v) is 24.4. The molecule has 4 aromatic rings. The molecule has 1 atom stereocenters. The van der Waals surface area contributed by atoms with Crippen LogP contribution in [0.1, 0.15) is 46.4 Å². The van der Waals surface area contributed by atoms with Gasteiger partial charge in [0.05, 0.1) is 0 Å². The second kappa shape index (κ2) is 13.1. The fraction of sp³-hybridized carbons (Fsp3) is 0.355. The van der Waals surface area contributed by atoms with Gasteiger partial charge in [-0.05, 0) is 56.9 Å². The average molecular weight is 579 g/mol. The SMILES string of the molecule is Cc1oc2c(C)c3oc(=O)c(CCC(=O)NCCC(=O)NC(CSCc4ccccc4)C(=O)O)c(C)c3cc2c1C. The Bertz CT molecular complexity index is 1660. The van der Waals surface area contributed by atoms with Gasteiger partial charge in [-0.3, -0.25) is 9.59 Å². The first-order chi connectivity index (χ1) is 19.6. The lowest BCUT2D eigenvalue weighted by Gasteiger charge is -2.14. The summed E-state index contributed by atoms with van der Waals surface area (Å²) in [5.74, 6) is -0.224. The summed E-state index contributed by atoms with van der Waals surface area (Å²) in [5.41, 5.74) is 4.74. The number of benzene rings is 2. The molecular formula is C31H34N2O7S. The van der Waals surface area contributed by atoms with Gasteiger partial charge in [0.2, 0.25) is 11.8 Å². The molecule has 0 radical (unpaired) electrons. The van der Waals surface area contributed by atoms with Crippen molar-refractivity contribution in [3.8, 4) is 0 Å². The summed E-state index contributed by atoms with van der Waals surface area (Å²) >= 11 is 1.42. The van der Waals surface area contributed by atoms with Crippen molar-refractivity contribution < 1.29 is 28.3 Å². The smallest absolute Gasteiger partial charge is 0.339 e. The molecule has 9 nitrogen and oxygen atoms in total. The molecule has 0 spiro atoms. The van der Waals surface area contributed by atoms with Crippen molar-refractivity contribution in [2.75, 3.05) is 12.3 Å². The van der Waals surface area contributed by atoms with Gasteiger partial charge in [-0.1, -0.05) is 30.3 Å². The zero-order chi connectivity index (χ0) is 29.7. The van der Waals surface area contributed by atoms with Gasteiger partial charge in [0.15, 0.2) is 0 Å². The predicted molar refractivity (Wildman–Crippen MR) is 159 cm³/mol. The Hall–Kier alpha value is -4.05. The number of thioether (sulfide) groups is 1. The maximum Gasteiger partial charge on any atom is 0.339 e. The van der Waals surface area contributed by atoms with Gasteiger partial charge in [-0.15, -0.1) is 0 Å². The summed E-state index contributed by atoms with van der Waals surface area (Å²) in [6, 6.07) is 10.6. The summed E-state index contributed by atoms with van der Waals surface area (Å²) in [6.45, 7) is 7.64. The number of carbonyl (C=O) groups is 3. The molecule has 0 aliphatic carbocycles. The standard InChI is InChI=1S/C31H34N2O7S/c1-17-20(4)39-28-19(3)29-24(14-23(17)28)18(2)22(31(38)40-29)10-11-26(34)32-13-12-27(35)33-25(30(36)37)16-41-15-21-8-6-5-7-9-21/h5-9,14,25H,10-13,15-16H2,1-4H3,(H,32,34)(H,33,35)(H,36,37). The van der Waals surface area contributed by atoms with Crippen LogP contribution in [0.2, 0.25) is 0 Å². The second-order valence-electron chi connectivity index (χ2n) is 10.1. The van der Waals surface area contributed by atoms with E-state index in [0.717, 1.165) is 38.8 Å². The minimum atomic E-state index is -1.11. The topological polar surface area (TPSA) is 139 Å². The van der Waals surface area contributed by atoms with Crippen molar-refractivity contribution >= 4 is 51.5 Å². The normalized spacial score (nSPS) is 12.0. The first-order valence-corrected chi connectivity index (χ1v) is 14.6. The van der Waals surface area contributed by atoms with E-state index < -0.39 is 23.5 Å². The van der Waals surface area contributed by atoms with E-state index in [1.165, 1.54) is 11.8 Å². The van der Waals surface area contributed by atoms with Crippen molar-refractivity contribution in [2.24, 2.45) is 0 Å². The van der Waals surface area contributed by atoms with E-state index in [9.17, 15) is 24.3 Å². The van der Waals surface area contributed by atoms with Gasteiger partial charge in [-0.2, -0.15) is 11.8 Å². The van der Waals surface area contributed by atoms with E-state index in [1.807, 2.05) is 64.1 Å². The van der Waals surface area contributed by atoms with Crippen LogP contribution < -0.4 is 16.3 Å². The van der Waals surface area contributed by atoms with Crippen LogP contribution in [-0.4, -0.2) is 41.2 Å². The zero-order valence-electron chi connectivity index (χ0n) is 23.6. The van der Waals surface area contributed by atoms with Gasteiger partial charge >= 0.3 is 11.6 Å². The van der Waals surface area contributed by atoms with Crippen LogP contribution in [-0.2, 0) is 26.6 Å². The Labute approximate surface area is 241 Å². The number of hydrogen-bond acceptors (Lipinski definition) is 7. The Balaban J connectivity index is 1.29. The van der Waals surface area contributed by atoms with Crippen LogP contribution >= 0.6 is 11.8 Å². The summed E-state index contributed by atoms with van der Waals surface area (Å²) in [7, 11) is 0. The molecule has 4 rings (SSSR count). The number of rotatable bonds is 12. The summed E-state index contributed by atoms with van der Waals surface area (Å²) in [4.78, 5) is 49.2. The molecule has 1 unspecified atom stereocenters. The third kappa shape index (κ3) is 7.00. The van der Waals surface area contributed by atoms with E-state index >= 15 is 0 Å². The van der Waals surface area contributed by atoms with Gasteiger partial charge in [0.25, 0.3) is 0 Å². The third-order valence-electron chi connectivity index (χ3n) is 7.25. The first kappa shape index (κ1) is 29.9. The molecule has 0 saturated heterocycles. The molecule has 41 heavy (non-hydrogen) atoms. The highest BCUT2D eigenvalue weighted by atomic mass is 32.2. The highest BCUT2D eigenvalue weighted by molar-refractivity contribution is 7.98. The lowest BCUT2D eigenvalue weighted by Crippen LogP contribution is -2.43. The summed E-state index contributed by atoms with van der Waals surface area (Å²) < 4.78 is 11.5. The number of nitrogens with one attached hydrogen (secondary N) is 2. The molecule has 3 N–H and O–H groups in total. The molecule has 10 heteroatoms. The number of aliphatic carboxylic acids is 1. The largest absolute Gasteiger partial charge is 0.480 e. The number of aryl methyl sites for hydroxylation is 4. The molecule has 0 saturated carbocycles. The summed E-state index contributed by atoms with van der Waals surface area (Å²) in [6.07, 6.45) is 0.161. The van der Waals surface area contributed by atoms with Crippen LogP contribution in [0.3, 0.4) is 0 Å². The van der Waals surface area contributed by atoms with E-state index in [4.69, 9.17) is 8.83 Å². The first-order valence-electron chi connectivity index (χ1n) is 13.4. The highest BCUT2D eigenvalue weighted by Gasteiger charge is 2.21. The number of carboxylic acids is 1. The molecule has 0 aliphatic heterocycles. The van der Waals surface area contributed by atoms with Crippen LogP contribution in [0.4, 0.5) is 0 Å². The maximum atomic E-state index is 12.8. The van der Waals surface area contributed by atoms with Crippen molar-refractivity contribution in [2.45, 2.75) is 58.8 Å². The predicted octanol–water partition coefficient (Wildman–Crippen LogP) is 4.71. The molecule has 216 valence electrons. The Morgan fingerprint density at radius 1 is 0.902 bits per heavy atom. The molecule has 0 fully saturated rings. The number of hydrogen-bond donors (Lipinski definition) is 3. The van der Waals surface area contributed by atoms with E-state index in [-0.39, 0.29) is 37.5 Å². The Morgan fingerprint density at radius 3 is 2.29 bits per heavy atom. The molecule has 2 heterocycles. The lowest BCUT2D eigenvalue weighted by molar-refractivity contribution is -0.141. The van der Waals surface area contributed by atoms with Crippen molar-refractivity contribution in [1.29, 1.82) is 0 Å². The number of fused-ring (bicyclic) bond motifs is 2. The van der Waals surface area contributed by atoms with Crippen LogP contribution in [0.25, 0.3) is 21.9 Å². The van der Waals surface area contributed by atoms with Gasteiger partial charge in [0.1, 0.15) is 23.0 Å². The number of furan rings is 1. The molecule has 2 aromatic carbocycles. The minimum Gasteiger partial charge on any atom is -0.480 e. The van der Waals surface area contributed by atoms with Crippen molar-refractivity contribution in [3.63, 3.8) is 0 Å². The molecule has 0 bridgehead atoms. The van der Waals surface area contributed by atoms with E-state index in [0.29, 0.717) is 22.5 Å². The van der Waals surface area contributed by atoms with Crippen molar-refractivity contribution in [3.05, 3.63) is 80.4 Å². The number of carboxylic acid groups (broad SMARTS) is 1. The molecule has 0 aliphatic rings.